The minimum Gasteiger partial charge on any atom is -0.478 e. The molecular weight excluding hydrogens is 248 g/mol. The lowest BCUT2D eigenvalue weighted by Crippen LogP contribution is -2.15. The topological polar surface area (TPSA) is 121 Å². The molecule has 98 valence electrons. The van der Waals surface area contributed by atoms with Crippen molar-refractivity contribution < 1.29 is 14.7 Å². The van der Waals surface area contributed by atoms with E-state index in [1.807, 2.05) is 0 Å². The summed E-state index contributed by atoms with van der Waals surface area (Å²) in [5.74, 6) is -1.50. The van der Waals surface area contributed by atoms with Gasteiger partial charge in [0.2, 0.25) is 0 Å². The summed E-state index contributed by atoms with van der Waals surface area (Å²) in [6.45, 7) is 1.77. The van der Waals surface area contributed by atoms with Crippen LogP contribution in [0.4, 0.5) is 11.5 Å². The lowest BCUT2D eigenvalue weighted by atomic mass is 10.1. The largest absolute Gasteiger partial charge is 0.478 e. The van der Waals surface area contributed by atoms with Gasteiger partial charge in [-0.1, -0.05) is 11.6 Å². The summed E-state index contributed by atoms with van der Waals surface area (Å²) in [7, 11) is 0. The van der Waals surface area contributed by atoms with Gasteiger partial charge in [0.1, 0.15) is 11.4 Å². The van der Waals surface area contributed by atoms with Crippen LogP contribution in [0.3, 0.4) is 0 Å². The van der Waals surface area contributed by atoms with E-state index >= 15 is 0 Å². The van der Waals surface area contributed by atoms with Crippen molar-refractivity contribution in [1.29, 1.82) is 0 Å². The van der Waals surface area contributed by atoms with Crippen molar-refractivity contribution in [3.8, 4) is 0 Å². The van der Waals surface area contributed by atoms with Gasteiger partial charge in [-0.2, -0.15) is 5.10 Å². The summed E-state index contributed by atoms with van der Waals surface area (Å²) in [4.78, 5) is 23.0. The first-order valence-electron chi connectivity index (χ1n) is 5.43. The van der Waals surface area contributed by atoms with Gasteiger partial charge >= 0.3 is 5.97 Å². The van der Waals surface area contributed by atoms with Gasteiger partial charge in [-0.25, -0.2) is 4.79 Å². The Kier molecular flexibility index (Phi) is 3.19. The van der Waals surface area contributed by atoms with Gasteiger partial charge < -0.3 is 16.2 Å². The number of amides is 1. The molecule has 0 radical (unpaired) electrons. The normalized spacial score (nSPS) is 10.2. The van der Waals surface area contributed by atoms with Gasteiger partial charge in [0.05, 0.1) is 17.4 Å². The van der Waals surface area contributed by atoms with Gasteiger partial charge in [-0.3, -0.25) is 9.89 Å². The lowest BCUT2D eigenvalue weighted by molar-refractivity contribution is 0.0698. The van der Waals surface area contributed by atoms with E-state index in [9.17, 15) is 9.59 Å². The quantitative estimate of drug-likeness (QED) is 0.661. The first kappa shape index (κ1) is 12.6. The molecule has 0 saturated heterocycles. The number of rotatable bonds is 3. The summed E-state index contributed by atoms with van der Waals surface area (Å²) in [6, 6.07) is 4.73. The Balaban J connectivity index is 2.32. The molecule has 7 heteroatoms. The van der Waals surface area contributed by atoms with Crippen LogP contribution in [0.1, 0.15) is 26.3 Å². The molecule has 5 N–H and O–H groups in total. The fraction of sp³-hybridized carbons (Fsp3) is 0.0833. The molecule has 0 aliphatic carbocycles. The fourth-order valence-electron chi connectivity index (χ4n) is 1.61. The van der Waals surface area contributed by atoms with E-state index in [2.05, 4.69) is 15.5 Å². The highest BCUT2D eigenvalue weighted by Crippen LogP contribution is 2.19. The summed E-state index contributed by atoms with van der Waals surface area (Å²) >= 11 is 0. The molecule has 1 aromatic heterocycles. The van der Waals surface area contributed by atoms with Crippen molar-refractivity contribution in [3.63, 3.8) is 0 Å². The highest BCUT2D eigenvalue weighted by molar-refractivity contribution is 6.09. The minimum absolute atomic E-state index is 0.0235. The average Bonchev–Trinajstić information content (AvgIpc) is 2.77. The number of aryl methyl sites for hydroxylation is 1. The third-order valence-corrected chi connectivity index (χ3v) is 2.57. The number of aromatic amines is 1. The third kappa shape index (κ3) is 2.54. The monoisotopic (exact) mass is 260 g/mol. The zero-order chi connectivity index (χ0) is 14.0. The molecule has 0 aliphatic heterocycles. The van der Waals surface area contributed by atoms with Gasteiger partial charge in [0, 0.05) is 0 Å². The molecule has 2 rings (SSSR count). The van der Waals surface area contributed by atoms with Crippen molar-refractivity contribution in [2.24, 2.45) is 0 Å². The zero-order valence-electron chi connectivity index (χ0n) is 10.1. The number of nitrogens with two attached hydrogens (primary N) is 1. The van der Waals surface area contributed by atoms with Crippen LogP contribution >= 0.6 is 0 Å². The van der Waals surface area contributed by atoms with E-state index in [0.29, 0.717) is 0 Å². The van der Waals surface area contributed by atoms with Crippen LogP contribution in [-0.2, 0) is 0 Å². The van der Waals surface area contributed by atoms with E-state index in [1.54, 1.807) is 13.0 Å². The van der Waals surface area contributed by atoms with Gasteiger partial charge in [-0.05, 0) is 19.1 Å². The summed E-state index contributed by atoms with van der Waals surface area (Å²) in [5, 5.41) is 17.7. The van der Waals surface area contributed by atoms with Crippen molar-refractivity contribution in [2.45, 2.75) is 6.92 Å². The van der Waals surface area contributed by atoms with E-state index in [-0.39, 0.29) is 22.6 Å². The number of carbonyl (C=O) groups excluding carboxylic acids is 1. The number of carboxylic acids is 1. The predicted octanol–water partition coefficient (Wildman–Crippen LogP) is 1.25. The van der Waals surface area contributed by atoms with Crippen LogP contribution in [-0.4, -0.2) is 27.2 Å². The Morgan fingerprint density at radius 3 is 2.68 bits per heavy atom. The van der Waals surface area contributed by atoms with Gasteiger partial charge in [-0.15, -0.1) is 0 Å². The molecular formula is C12H12N4O3. The molecule has 1 heterocycles. The second kappa shape index (κ2) is 4.81. The molecule has 0 aliphatic rings. The number of hydrogen-bond donors (Lipinski definition) is 4. The zero-order valence-corrected chi connectivity index (χ0v) is 10.1. The number of nitrogen functional groups attached to an aromatic ring is 1. The molecule has 0 fully saturated rings. The fourth-order valence-corrected chi connectivity index (χ4v) is 1.61. The molecule has 1 amide bonds. The molecule has 19 heavy (non-hydrogen) atoms. The number of carboxylic acid groups (broad SMARTS) is 1. The van der Waals surface area contributed by atoms with E-state index in [0.717, 1.165) is 5.56 Å². The number of H-pyrrole nitrogens is 1. The number of nitrogens with zero attached hydrogens (tertiary/aromatic N) is 1. The molecule has 7 nitrogen and oxygen atoms in total. The maximum absolute atomic E-state index is 11.9. The van der Waals surface area contributed by atoms with Crippen molar-refractivity contribution >= 4 is 23.4 Å². The van der Waals surface area contributed by atoms with Crippen LogP contribution < -0.4 is 11.1 Å². The Bertz CT molecular complexity index is 648. The van der Waals surface area contributed by atoms with Crippen molar-refractivity contribution in [2.75, 3.05) is 11.1 Å². The van der Waals surface area contributed by atoms with Crippen LogP contribution in [0.25, 0.3) is 0 Å². The molecule has 1 aromatic carbocycles. The number of nitrogens with one attached hydrogen (secondary N) is 2. The molecule has 0 bridgehead atoms. The second-order valence-corrected chi connectivity index (χ2v) is 4.01. The first-order valence-corrected chi connectivity index (χ1v) is 5.43. The summed E-state index contributed by atoms with van der Waals surface area (Å²) in [5.41, 5.74) is 6.71. The van der Waals surface area contributed by atoms with Crippen molar-refractivity contribution in [1.82, 2.24) is 10.2 Å². The van der Waals surface area contributed by atoms with Gasteiger partial charge in [0.15, 0.2) is 0 Å². The molecule has 0 spiro atoms. The smallest absolute Gasteiger partial charge is 0.337 e. The number of hydrogen-bond acceptors (Lipinski definition) is 4. The third-order valence-electron chi connectivity index (χ3n) is 2.57. The number of aromatic nitrogens is 2. The average molecular weight is 260 g/mol. The molecule has 2 aromatic rings. The highest BCUT2D eigenvalue weighted by Gasteiger charge is 2.16. The van der Waals surface area contributed by atoms with Crippen LogP contribution in [0, 0.1) is 6.92 Å². The predicted molar refractivity (Wildman–Crippen MR) is 69.1 cm³/mol. The van der Waals surface area contributed by atoms with Gasteiger partial charge in [0.25, 0.3) is 5.91 Å². The SMILES string of the molecule is Cc1ccc(NC(=O)c2cn[nH]c2N)c(C(=O)O)c1. The number of carbonyl (C=O) groups is 2. The van der Waals surface area contributed by atoms with E-state index in [1.165, 1.54) is 18.3 Å². The number of benzene rings is 1. The van der Waals surface area contributed by atoms with Crippen molar-refractivity contribution in [3.05, 3.63) is 41.1 Å². The van der Waals surface area contributed by atoms with E-state index < -0.39 is 11.9 Å². The molecule has 0 saturated carbocycles. The molecule has 0 atom stereocenters. The van der Waals surface area contributed by atoms with Crippen LogP contribution in [0.2, 0.25) is 0 Å². The Morgan fingerprint density at radius 2 is 2.11 bits per heavy atom. The first-order chi connectivity index (χ1) is 8.99. The summed E-state index contributed by atoms with van der Waals surface area (Å²) < 4.78 is 0. The number of aromatic carboxylic acids is 1. The number of anilines is 2. The van der Waals surface area contributed by atoms with Crippen LogP contribution in [0.15, 0.2) is 24.4 Å². The van der Waals surface area contributed by atoms with E-state index in [4.69, 9.17) is 10.8 Å². The Labute approximate surface area is 108 Å². The lowest BCUT2D eigenvalue weighted by Gasteiger charge is -2.08. The Morgan fingerprint density at radius 1 is 1.37 bits per heavy atom. The maximum atomic E-state index is 11.9. The van der Waals surface area contributed by atoms with Crippen LogP contribution in [0.5, 0.6) is 0 Å². The minimum atomic E-state index is -1.11. The Hall–Kier alpha value is -2.83. The second-order valence-electron chi connectivity index (χ2n) is 4.01. The molecule has 0 unspecified atom stereocenters. The standard InChI is InChI=1S/C12H12N4O3/c1-6-2-3-9(7(4-6)12(18)19)15-11(17)8-5-14-16-10(8)13/h2-5H,1H3,(H,15,17)(H,18,19)(H3,13,14,16). The maximum Gasteiger partial charge on any atom is 0.337 e. The highest BCUT2D eigenvalue weighted by atomic mass is 16.4. The summed E-state index contributed by atoms with van der Waals surface area (Å²) in [6.07, 6.45) is 1.28.